The van der Waals surface area contributed by atoms with Gasteiger partial charge in [-0.3, -0.25) is 24.5 Å². The minimum atomic E-state index is -0.715. The Balaban J connectivity index is 1.66. The molecule has 4 aliphatic rings. The number of hydrogen-bond donors (Lipinski definition) is 1. The van der Waals surface area contributed by atoms with Crippen LogP contribution in [0.1, 0.15) is 33.9 Å². The minimum Gasteiger partial charge on any atom is -0.327 e. The van der Waals surface area contributed by atoms with Gasteiger partial charge in [-0.15, -0.1) is 0 Å². The minimum absolute atomic E-state index is 0.0529. The molecule has 0 radical (unpaired) electrons. The summed E-state index contributed by atoms with van der Waals surface area (Å²) >= 11 is 0. The highest BCUT2D eigenvalue weighted by molar-refractivity contribution is 6.10. The molecule has 2 aromatic carbocycles. The summed E-state index contributed by atoms with van der Waals surface area (Å²) in [5.74, 6) is -3.13. The Bertz CT molecular complexity index is 1030. The molecule has 5 unspecified atom stereocenters. The summed E-state index contributed by atoms with van der Waals surface area (Å²) in [5.41, 5.74) is 2.36. The van der Waals surface area contributed by atoms with Crippen molar-refractivity contribution in [3.05, 3.63) is 71.3 Å². The van der Waals surface area contributed by atoms with Gasteiger partial charge < -0.3 is 4.90 Å². The number of imide groups is 1. The van der Waals surface area contributed by atoms with E-state index in [-0.39, 0.29) is 24.0 Å². The first kappa shape index (κ1) is 17.8. The molecule has 5 atom stereocenters. The zero-order valence-electron chi connectivity index (χ0n) is 15.9. The van der Waals surface area contributed by atoms with Gasteiger partial charge in [0.25, 0.3) is 5.91 Å². The van der Waals surface area contributed by atoms with E-state index in [4.69, 9.17) is 0 Å². The number of amides is 3. The molecule has 1 saturated carbocycles. The molecule has 0 spiro atoms. The number of nitrogens with one attached hydrogen (secondary N) is 1. The van der Waals surface area contributed by atoms with Crippen molar-refractivity contribution in [2.45, 2.75) is 25.4 Å². The molecule has 0 aromatic heterocycles. The van der Waals surface area contributed by atoms with E-state index in [2.05, 4.69) is 5.32 Å². The number of ketones is 1. The summed E-state index contributed by atoms with van der Waals surface area (Å²) in [4.78, 5) is 53.3. The van der Waals surface area contributed by atoms with E-state index < -0.39 is 35.7 Å². The number of nitrogens with zero attached hydrogens (tertiary/aromatic N) is 1. The second-order valence-corrected chi connectivity index (χ2v) is 8.10. The van der Waals surface area contributed by atoms with Crippen LogP contribution in [-0.4, -0.2) is 34.4 Å². The van der Waals surface area contributed by atoms with E-state index in [0.717, 1.165) is 11.1 Å². The van der Waals surface area contributed by atoms with Crippen LogP contribution in [0, 0.1) is 24.7 Å². The third kappa shape index (κ3) is 2.55. The Labute approximate surface area is 167 Å². The molecule has 6 rings (SSSR count). The number of piperidine rings is 2. The standard InChI is InChI=1S/C23H20N2O4/c1-12-7-9-14(10-8-12)23(29)25-15-11-16(26)18(19-17(15)21(27)24-22(19)28)20(25)13-5-3-2-4-6-13/h2-10,15,17-20H,11H2,1H3,(H,24,27,28). The Kier molecular flexibility index (Phi) is 3.91. The quantitative estimate of drug-likeness (QED) is 0.798. The van der Waals surface area contributed by atoms with E-state index in [1.54, 1.807) is 17.0 Å². The number of hydrogen-bond acceptors (Lipinski definition) is 4. The van der Waals surface area contributed by atoms with Crippen LogP contribution in [0.4, 0.5) is 0 Å². The first-order valence-corrected chi connectivity index (χ1v) is 9.79. The smallest absolute Gasteiger partial charge is 0.254 e. The maximum atomic E-state index is 13.6. The van der Waals surface area contributed by atoms with Gasteiger partial charge in [0.1, 0.15) is 5.78 Å². The molecule has 3 heterocycles. The van der Waals surface area contributed by atoms with Gasteiger partial charge in [-0.2, -0.15) is 0 Å². The molecule has 1 N–H and O–H groups in total. The molecule has 6 heteroatoms. The van der Waals surface area contributed by atoms with Crippen LogP contribution in [0.15, 0.2) is 54.6 Å². The van der Waals surface area contributed by atoms with Gasteiger partial charge in [0.15, 0.2) is 0 Å². The number of aryl methyl sites for hydroxylation is 1. The Morgan fingerprint density at radius 2 is 1.55 bits per heavy atom. The van der Waals surface area contributed by atoms with Crippen molar-refractivity contribution >= 4 is 23.5 Å². The van der Waals surface area contributed by atoms with Crippen molar-refractivity contribution in [3.63, 3.8) is 0 Å². The third-order valence-electron chi connectivity index (χ3n) is 6.49. The largest absolute Gasteiger partial charge is 0.327 e. The average Bonchev–Trinajstić information content (AvgIpc) is 3.03. The monoisotopic (exact) mass is 388 g/mol. The first-order valence-electron chi connectivity index (χ1n) is 9.79. The van der Waals surface area contributed by atoms with Gasteiger partial charge >= 0.3 is 0 Å². The molecule has 3 saturated heterocycles. The van der Waals surface area contributed by atoms with Gasteiger partial charge in [0.2, 0.25) is 11.8 Å². The number of Topliss-reactive ketones (excluding diaryl/α,β-unsaturated/α-hetero) is 1. The molecule has 29 heavy (non-hydrogen) atoms. The van der Waals surface area contributed by atoms with Crippen LogP contribution in [-0.2, 0) is 14.4 Å². The third-order valence-corrected chi connectivity index (χ3v) is 6.49. The van der Waals surface area contributed by atoms with Gasteiger partial charge in [0, 0.05) is 12.0 Å². The molecule has 3 aliphatic heterocycles. The van der Waals surface area contributed by atoms with E-state index in [0.29, 0.717) is 5.56 Å². The summed E-state index contributed by atoms with van der Waals surface area (Å²) in [6.45, 7) is 1.95. The molecule has 146 valence electrons. The summed E-state index contributed by atoms with van der Waals surface area (Å²) < 4.78 is 0. The second kappa shape index (κ2) is 6.37. The Morgan fingerprint density at radius 1 is 0.897 bits per heavy atom. The summed E-state index contributed by atoms with van der Waals surface area (Å²) in [5, 5.41) is 2.39. The fraction of sp³-hybridized carbons (Fsp3) is 0.304. The first-order chi connectivity index (χ1) is 14.0. The molecular weight excluding hydrogens is 368 g/mol. The van der Waals surface area contributed by atoms with Crippen LogP contribution < -0.4 is 5.32 Å². The number of carbonyl (C=O) groups excluding carboxylic acids is 4. The molecular formula is C23H20N2O4. The lowest BCUT2D eigenvalue weighted by molar-refractivity contribution is -0.153. The number of rotatable bonds is 2. The van der Waals surface area contributed by atoms with Crippen molar-refractivity contribution in [1.82, 2.24) is 10.2 Å². The maximum absolute atomic E-state index is 13.6. The topological polar surface area (TPSA) is 83.6 Å². The molecule has 3 amide bonds. The van der Waals surface area contributed by atoms with Gasteiger partial charge in [-0.1, -0.05) is 48.0 Å². The van der Waals surface area contributed by atoms with Gasteiger partial charge in [-0.25, -0.2) is 0 Å². The highest BCUT2D eigenvalue weighted by Crippen LogP contribution is 2.53. The predicted molar refractivity (Wildman–Crippen MR) is 104 cm³/mol. The lowest BCUT2D eigenvalue weighted by Crippen LogP contribution is -2.64. The van der Waals surface area contributed by atoms with Gasteiger partial charge in [-0.05, 0) is 24.6 Å². The van der Waals surface area contributed by atoms with Crippen molar-refractivity contribution in [3.8, 4) is 0 Å². The van der Waals surface area contributed by atoms with Crippen LogP contribution in [0.2, 0.25) is 0 Å². The van der Waals surface area contributed by atoms with Crippen LogP contribution in [0.3, 0.4) is 0 Å². The highest BCUT2D eigenvalue weighted by Gasteiger charge is 2.65. The predicted octanol–water partition coefficient (Wildman–Crippen LogP) is 2.04. The maximum Gasteiger partial charge on any atom is 0.254 e. The molecule has 2 bridgehead atoms. The number of fused-ring (bicyclic) bond motifs is 2. The summed E-state index contributed by atoms with van der Waals surface area (Å²) in [6, 6.07) is 15.4. The Hall–Kier alpha value is -3.28. The lowest BCUT2D eigenvalue weighted by Gasteiger charge is -2.54. The SMILES string of the molecule is Cc1ccc(C(=O)N2C3CC(=O)C(C4C(=O)NC(=O)C43)C2c2ccccc2)cc1. The van der Waals surface area contributed by atoms with Crippen molar-refractivity contribution in [2.24, 2.45) is 17.8 Å². The van der Waals surface area contributed by atoms with Crippen LogP contribution >= 0.6 is 0 Å². The number of carbonyl (C=O) groups is 4. The second-order valence-electron chi connectivity index (χ2n) is 8.10. The van der Waals surface area contributed by atoms with Crippen LogP contribution in [0.25, 0.3) is 0 Å². The van der Waals surface area contributed by atoms with Crippen molar-refractivity contribution in [1.29, 1.82) is 0 Å². The van der Waals surface area contributed by atoms with Crippen molar-refractivity contribution < 1.29 is 19.2 Å². The highest BCUT2D eigenvalue weighted by atomic mass is 16.2. The summed E-state index contributed by atoms with van der Waals surface area (Å²) in [6.07, 6.45) is 0.105. The fourth-order valence-corrected chi connectivity index (χ4v) is 5.25. The van der Waals surface area contributed by atoms with E-state index in [1.807, 2.05) is 49.4 Å². The zero-order chi connectivity index (χ0) is 20.3. The molecule has 2 aromatic rings. The number of benzene rings is 2. The Morgan fingerprint density at radius 3 is 2.24 bits per heavy atom. The van der Waals surface area contributed by atoms with Crippen molar-refractivity contribution in [2.75, 3.05) is 0 Å². The normalized spacial score (nSPS) is 30.3. The molecule has 1 aliphatic carbocycles. The van der Waals surface area contributed by atoms with E-state index >= 15 is 0 Å². The van der Waals surface area contributed by atoms with Crippen LogP contribution in [0.5, 0.6) is 0 Å². The van der Waals surface area contributed by atoms with Gasteiger partial charge in [0.05, 0.1) is 29.8 Å². The zero-order valence-corrected chi connectivity index (χ0v) is 15.9. The molecule has 4 fully saturated rings. The average molecular weight is 388 g/mol. The lowest BCUT2D eigenvalue weighted by atomic mass is 9.60. The summed E-state index contributed by atoms with van der Waals surface area (Å²) in [7, 11) is 0. The molecule has 6 nitrogen and oxygen atoms in total. The van der Waals surface area contributed by atoms with E-state index in [1.165, 1.54) is 0 Å². The fourth-order valence-electron chi connectivity index (χ4n) is 5.25. The van der Waals surface area contributed by atoms with E-state index in [9.17, 15) is 19.2 Å².